The van der Waals surface area contributed by atoms with Gasteiger partial charge >= 0.3 is 5.69 Å². The van der Waals surface area contributed by atoms with Gasteiger partial charge in [-0.3, -0.25) is 9.36 Å². The van der Waals surface area contributed by atoms with E-state index in [-0.39, 0.29) is 11.5 Å². The van der Waals surface area contributed by atoms with E-state index in [4.69, 9.17) is 5.73 Å². The lowest BCUT2D eigenvalue weighted by Crippen LogP contribution is -2.38. The van der Waals surface area contributed by atoms with Crippen molar-refractivity contribution in [2.24, 2.45) is 7.05 Å². The molecule has 2 rings (SSSR count). The van der Waals surface area contributed by atoms with E-state index in [2.05, 4.69) is 0 Å². The molecule has 1 heterocycles. The summed E-state index contributed by atoms with van der Waals surface area (Å²) in [6, 6.07) is 5.46. The summed E-state index contributed by atoms with van der Waals surface area (Å²) < 4.78 is 16.4. The summed E-state index contributed by atoms with van der Waals surface area (Å²) in [4.78, 5) is 23.3. The van der Waals surface area contributed by atoms with Crippen molar-refractivity contribution < 1.29 is 4.39 Å². The Morgan fingerprint density at radius 3 is 2.56 bits per heavy atom. The average molecular weight is 361 g/mol. The molecule has 0 radical (unpaired) electrons. The first-order valence-electron chi connectivity index (χ1n) is 4.96. The lowest BCUT2D eigenvalue weighted by molar-refractivity contribution is 0.609. The van der Waals surface area contributed by atoms with Gasteiger partial charge in [0.15, 0.2) is 0 Å². The number of hydrogen-bond donors (Lipinski definition) is 1. The quantitative estimate of drug-likeness (QED) is 0.767. The molecule has 0 atom stereocenters. The predicted octanol–water partition coefficient (Wildman–Crippen LogP) is 0.862. The van der Waals surface area contributed by atoms with E-state index in [1.54, 1.807) is 6.07 Å². The number of nitrogens with two attached hydrogens (primary N) is 1. The van der Waals surface area contributed by atoms with Gasteiger partial charge in [0, 0.05) is 16.7 Å². The van der Waals surface area contributed by atoms with Crippen LogP contribution in [-0.2, 0) is 7.05 Å². The van der Waals surface area contributed by atoms with Crippen molar-refractivity contribution in [3.8, 4) is 5.69 Å². The van der Waals surface area contributed by atoms with E-state index < -0.39 is 17.1 Å². The van der Waals surface area contributed by atoms with Crippen LogP contribution >= 0.6 is 22.6 Å². The summed E-state index contributed by atoms with van der Waals surface area (Å²) in [5.41, 5.74) is 4.42. The molecule has 0 spiro atoms. The van der Waals surface area contributed by atoms with Gasteiger partial charge in [-0.2, -0.15) is 0 Å². The van der Waals surface area contributed by atoms with Crippen molar-refractivity contribution in [1.29, 1.82) is 0 Å². The molecule has 0 bridgehead atoms. The molecule has 0 unspecified atom stereocenters. The van der Waals surface area contributed by atoms with Gasteiger partial charge in [0.1, 0.15) is 11.6 Å². The van der Waals surface area contributed by atoms with Crippen LogP contribution in [0.1, 0.15) is 0 Å². The highest BCUT2D eigenvalue weighted by Gasteiger charge is 2.12. The van der Waals surface area contributed by atoms with Crippen molar-refractivity contribution >= 4 is 28.4 Å². The van der Waals surface area contributed by atoms with E-state index in [9.17, 15) is 14.0 Å². The lowest BCUT2D eigenvalue weighted by atomic mass is 10.3. The molecule has 2 aromatic rings. The average Bonchev–Trinajstić information content (AvgIpc) is 2.29. The fourth-order valence-electron chi connectivity index (χ4n) is 1.55. The van der Waals surface area contributed by atoms with Crippen LogP contribution in [0.3, 0.4) is 0 Å². The van der Waals surface area contributed by atoms with Crippen molar-refractivity contribution in [2.75, 3.05) is 5.73 Å². The van der Waals surface area contributed by atoms with Crippen LogP contribution in [0.25, 0.3) is 5.69 Å². The maximum Gasteiger partial charge on any atom is 0.337 e. The zero-order valence-corrected chi connectivity index (χ0v) is 11.5. The van der Waals surface area contributed by atoms with Crippen LogP contribution in [0.15, 0.2) is 33.9 Å². The Morgan fingerprint density at radius 1 is 1.28 bits per heavy atom. The first kappa shape index (κ1) is 12.8. The second kappa shape index (κ2) is 4.56. The highest BCUT2D eigenvalue weighted by Crippen LogP contribution is 2.16. The fraction of sp³-hybridized carbons (Fsp3) is 0.0909. The molecule has 0 fully saturated rings. The minimum atomic E-state index is -0.680. The second-order valence-electron chi connectivity index (χ2n) is 3.68. The van der Waals surface area contributed by atoms with Crippen LogP contribution < -0.4 is 17.0 Å². The van der Waals surface area contributed by atoms with Crippen LogP contribution in [-0.4, -0.2) is 9.13 Å². The number of nitrogens with zero attached hydrogens (tertiary/aromatic N) is 2. The molecule has 0 saturated heterocycles. The summed E-state index contributed by atoms with van der Waals surface area (Å²) >= 11 is 1.96. The van der Waals surface area contributed by atoms with Gasteiger partial charge in [-0.25, -0.2) is 13.8 Å². The van der Waals surface area contributed by atoms with Crippen molar-refractivity contribution in [3.63, 3.8) is 0 Å². The normalized spacial score (nSPS) is 10.6. The van der Waals surface area contributed by atoms with Crippen molar-refractivity contribution in [2.45, 2.75) is 0 Å². The number of aromatic nitrogens is 2. The smallest absolute Gasteiger partial charge is 0.337 e. The predicted molar refractivity (Wildman–Crippen MR) is 74.4 cm³/mol. The molecule has 5 nitrogen and oxygen atoms in total. The van der Waals surface area contributed by atoms with Gasteiger partial charge < -0.3 is 5.73 Å². The van der Waals surface area contributed by atoms with Crippen molar-refractivity contribution in [1.82, 2.24) is 9.13 Å². The third-order valence-electron chi connectivity index (χ3n) is 2.49. The van der Waals surface area contributed by atoms with Gasteiger partial charge in [-0.05, 0) is 40.8 Å². The lowest BCUT2D eigenvalue weighted by Gasteiger charge is -2.11. The Balaban J connectivity index is 2.84. The molecule has 0 saturated carbocycles. The van der Waals surface area contributed by atoms with E-state index in [0.29, 0.717) is 3.57 Å². The van der Waals surface area contributed by atoms with Crippen LogP contribution in [0.2, 0.25) is 0 Å². The maximum atomic E-state index is 13.8. The minimum Gasteiger partial charge on any atom is -0.385 e. The molecule has 0 aliphatic rings. The molecular formula is C11H9FIN3O2. The van der Waals surface area contributed by atoms with Gasteiger partial charge in [-0.15, -0.1) is 0 Å². The molecular weight excluding hydrogens is 352 g/mol. The maximum absolute atomic E-state index is 13.8. The standard InChI is InChI=1S/C11H9FIN3O2/c1-15-10(17)5-9(14)16(11(15)18)8-3-2-6(13)4-7(8)12/h2-5H,14H2,1H3. The fourth-order valence-corrected chi connectivity index (χ4v) is 2.00. The minimum absolute atomic E-state index is 0.0218. The SMILES string of the molecule is Cn1c(=O)cc(N)n(-c2ccc(I)cc2F)c1=O. The first-order chi connectivity index (χ1) is 8.41. The van der Waals surface area contributed by atoms with E-state index in [1.165, 1.54) is 19.2 Å². The Hall–Kier alpha value is -1.64. The van der Waals surface area contributed by atoms with Gasteiger partial charge in [0.25, 0.3) is 5.56 Å². The number of rotatable bonds is 1. The van der Waals surface area contributed by atoms with E-state index >= 15 is 0 Å². The third kappa shape index (κ3) is 2.05. The number of halogens is 2. The molecule has 0 aliphatic heterocycles. The highest BCUT2D eigenvalue weighted by atomic mass is 127. The summed E-state index contributed by atoms with van der Waals surface area (Å²) in [6.45, 7) is 0. The molecule has 18 heavy (non-hydrogen) atoms. The zero-order chi connectivity index (χ0) is 13.4. The van der Waals surface area contributed by atoms with E-state index in [0.717, 1.165) is 15.2 Å². The first-order valence-corrected chi connectivity index (χ1v) is 6.03. The molecule has 94 valence electrons. The molecule has 0 amide bonds. The highest BCUT2D eigenvalue weighted by molar-refractivity contribution is 14.1. The van der Waals surface area contributed by atoms with Gasteiger partial charge in [-0.1, -0.05) is 0 Å². The Kier molecular flexibility index (Phi) is 3.24. The summed E-state index contributed by atoms with van der Waals surface area (Å²) in [7, 11) is 1.31. The summed E-state index contributed by atoms with van der Waals surface area (Å²) in [6.07, 6.45) is 0. The number of benzene rings is 1. The Bertz CT molecular complexity index is 736. The van der Waals surface area contributed by atoms with Crippen molar-refractivity contribution in [3.05, 3.63) is 54.5 Å². The van der Waals surface area contributed by atoms with E-state index in [1.807, 2.05) is 22.6 Å². The number of nitrogen functional groups attached to an aromatic ring is 1. The zero-order valence-electron chi connectivity index (χ0n) is 9.35. The third-order valence-corrected chi connectivity index (χ3v) is 3.16. The molecule has 1 aromatic carbocycles. The number of anilines is 1. The second-order valence-corrected chi connectivity index (χ2v) is 4.93. The van der Waals surface area contributed by atoms with Crippen LogP contribution in [0.4, 0.5) is 10.2 Å². The molecule has 7 heteroatoms. The Morgan fingerprint density at radius 2 is 1.94 bits per heavy atom. The van der Waals surface area contributed by atoms with Gasteiger partial charge in [0.2, 0.25) is 0 Å². The summed E-state index contributed by atoms with van der Waals surface area (Å²) in [5.74, 6) is -0.669. The monoisotopic (exact) mass is 361 g/mol. The van der Waals surface area contributed by atoms with Crippen LogP contribution in [0, 0.1) is 9.39 Å². The van der Waals surface area contributed by atoms with Gasteiger partial charge in [0.05, 0.1) is 5.69 Å². The summed E-state index contributed by atoms with van der Waals surface area (Å²) in [5, 5.41) is 0. The largest absolute Gasteiger partial charge is 0.385 e. The molecule has 2 N–H and O–H groups in total. The van der Waals surface area contributed by atoms with Crippen LogP contribution in [0.5, 0.6) is 0 Å². The Labute approximate surface area is 115 Å². The molecule has 0 aliphatic carbocycles. The number of hydrogen-bond acceptors (Lipinski definition) is 3. The topological polar surface area (TPSA) is 70.0 Å². The molecule has 1 aromatic heterocycles.